The molecule has 0 spiro atoms. The van der Waals surface area contributed by atoms with Gasteiger partial charge in [-0.1, -0.05) is 32.6 Å². The van der Waals surface area contributed by atoms with E-state index in [4.69, 9.17) is 4.74 Å². The maximum absolute atomic E-state index is 11.2. The molecule has 0 N–H and O–H groups in total. The molecule has 0 atom stereocenters. The van der Waals surface area contributed by atoms with E-state index in [1.165, 1.54) is 30.6 Å². The summed E-state index contributed by atoms with van der Waals surface area (Å²) in [6.07, 6.45) is 10.00. The molecule has 0 heterocycles. The Morgan fingerprint density at radius 1 is 1.26 bits per heavy atom. The van der Waals surface area contributed by atoms with Gasteiger partial charge < -0.3 is 9.64 Å². The van der Waals surface area contributed by atoms with Crippen LogP contribution in [-0.2, 0) is 9.53 Å². The SMILES string of the molecule is CCCCCCCN(C=O)C(C)=C(CCOC)SC. The minimum absolute atomic E-state index is 0.705. The average molecular weight is 287 g/mol. The quantitative estimate of drug-likeness (QED) is 0.401. The number of rotatable bonds is 12. The summed E-state index contributed by atoms with van der Waals surface area (Å²) >= 11 is 1.71. The van der Waals surface area contributed by atoms with Gasteiger partial charge in [0, 0.05) is 30.7 Å². The van der Waals surface area contributed by atoms with Crippen LogP contribution in [0.4, 0.5) is 0 Å². The molecule has 0 fully saturated rings. The Balaban J connectivity index is 4.29. The number of unbranched alkanes of at least 4 members (excludes halogenated alkanes) is 4. The first-order valence-corrected chi connectivity index (χ1v) is 8.38. The number of thioether (sulfide) groups is 1. The zero-order valence-electron chi connectivity index (χ0n) is 12.9. The molecule has 0 radical (unpaired) electrons. The summed E-state index contributed by atoms with van der Waals surface area (Å²) in [5.74, 6) is 0. The molecule has 0 unspecified atom stereocenters. The van der Waals surface area contributed by atoms with E-state index >= 15 is 0 Å². The van der Waals surface area contributed by atoms with Crippen molar-refractivity contribution in [1.82, 2.24) is 4.90 Å². The van der Waals surface area contributed by atoms with Crippen LogP contribution in [0.1, 0.15) is 52.4 Å². The largest absolute Gasteiger partial charge is 0.384 e. The van der Waals surface area contributed by atoms with E-state index in [0.29, 0.717) is 6.61 Å². The second-order valence-corrected chi connectivity index (χ2v) is 5.57. The van der Waals surface area contributed by atoms with Gasteiger partial charge in [0.15, 0.2) is 0 Å². The second-order valence-electron chi connectivity index (χ2n) is 4.67. The van der Waals surface area contributed by atoms with Gasteiger partial charge in [0.25, 0.3) is 0 Å². The van der Waals surface area contributed by atoms with Crippen LogP contribution in [0.2, 0.25) is 0 Å². The van der Waals surface area contributed by atoms with E-state index in [1.54, 1.807) is 18.9 Å². The number of amides is 1. The normalized spacial score (nSPS) is 12.2. The first-order valence-electron chi connectivity index (χ1n) is 7.15. The molecule has 0 bridgehead atoms. The van der Waals surface area contributed by atoms with E-state index in [9.17, 15) is 4.79 Å². The monoisotopic (exact) mass is 287 g/mol. The van der Waals surface area contributed by atoms with Crippen LogP contribution in [0, 0.1) is 0 Å². The highest BCUT2D eigenvalue weighted by atomic mass is 32.2. The lowest BCUT2D eigenvalue weighted by Crippen LogP contribution is -2.22. The maximum atomic E-state index is 11.2. The Kier molecular flexibility index (Phi) is 12.2. The molecule has 4 heteroatoms. The van der Waals surface area contributed by atoms with Gasteiger partial charge in [-0.25, -0.2) is 0 Å². The van der Waals surface area contributed by atoms with Gasteiger partial charge in [-0.15, -0.1) is 11.8 Å². The third-order valence-electron chi connectivity index (χ3n) is 3.24. The molecule has 112 valence electrons. The van der Waals surface area contributed by atoms with Gasteiger partial charge in [-0.2, -0.15) is 0 Å². The Morgan fingerprint density at radius 3 is 2.47 bits per heavy atom. The fraction of sp³-hybridized carbons (Fsp3) is 0.800. The highest BCUT2D eigenvalue weighted by molar-refractivity contribution is 8.02. The van der Waals surface area contributed by atoms with Gasteiger partial charge in [0.05, 0.1) is 6.61 Å². The molecule has 0 saturated carbocycles. The molecule has 0 aliphatic heterocycles. The topological polar surface area (TPSA) is 29.5 Å². The predicted octanol–water partition coefficient (Wildman–Crippen LogP) is 4.05. The average Bonchev–Trinajstić information content (AvgIpc) is 2.43. The van der Waals surface area contributed by atoms with Crippen LogP contribution in [0.15, 0.2) is 10.6 Å². The number of carbonyl (C=O) groups excluding carboxylic acids is 1. The van der Waals surface area contributed by atoms with Gasteiger partial charge >= 0.3 is 0 Å². The fourth-order valence-corrected chi connectivity index (χ4v) is 2.67. The van der Waals surface area contributed by atoms with Crippen molar-refractivity contribution >= 4 is 18.2 Å². The lowest BCUT2D eigenvalue weighted by molar-refractivity contribution is -0.116. The first-order chi connectivity index (χ1) is 9.21. The molecule has 0 saturated heterocycles. The summed E-state index contributed by atoms with van der Waals surface area (Å²) < 4.78 is 5.11. The number of hydrogen-bond donors (Lipinski definition) is 0. The molecule has 0 aromatic carbocycles. The molecular formula is C15H29NO2S. The summed E-state index contributed by atoms with van der Waals surface area (Å²) in [6.45, 7) is 5.78. The molecule has 0 aromatic heterocycles. The van der Waals surface area contributed by atoms with Crippen LogP contribution in [0.5, 0.6) is 0 Å². The van der Waals surface area contributed by atoms with Crippen molar-refractivity contribution in [3.05, 3.63) is 10.6 Å². The zero-order chi connectivity index (χ0) is 14.5. The van der Waals surface area contributed by atoms with Crippen molar-refractivity contribution in [2.75, 3.05) is 26.5 Å². The van der Waals surface area contributed by atoms with E-state index in [1.807, 2.05) is 11.8 Å². The van der Waals surface area contributed by atoms with Gasteiger partial charge in [-0.3, -0.25) is 4.79 Å². The highest BCUT2D eigenvalue weighted by Crippen LogP contribution is 2.23. The molecule has 0 rings (SSSR count). The van der Waals surface area contributed by atoms with Gasteiger partial charge in [-0.05, 0) is 19.6 Å². The van der Waals surface area contributed by atoms with Crippen LogP contribution >= 0.6 is 11.8 Å². The first kappa shape index (κ1) is 18.5. The van der Waals surface area contributed by atoms with Crippen molar-refractivity contribution in [3.63, 3.8) is 0 Å². The standard InChI is InChI=1S/C15H29NO2S/c1-5-6-7-8-9-11-16(13-17)14(2)15(19-4)10-12-18-3/h13H,5-12H2,1-4H3. The van der Waals surface area contributed by atoms with Crippen molar-refractivity contribution in [1.29, 1.82) is 0 Å². The summed E-state index contributed by atoms with van der Waals surface area (Å²) in [6, 6.07) is 0. The van der Waals surface area contributed by atoms with Crippen LogP contribution < -0.4 is 0 Å². The molecule has 0 aromatic rings. The summed E-state index contributed by atoms with van der Waals surface area (Å²) in [5, 5.41) is 0. The van der Waals surface area contributed by atoms with Crippen molar-refractivity contribution < 1.29 is 9.53 Å². The molecule has 19 heavy (non-hydrogen) atoms. The fourth-order valence-electron chi connectivity index (χ4n) is 1.97. The highest BCUT2D eigenvalue weighted by Gasteiger charge is 2.09. The third-order valence-corrected chi connectivity index (χ3v) is 4.24. The lowest BCUT2D eigenvalue weighted by atomic mass is 10.1. The summed E-state index contributed by atoms with van der Waals surface area (Å²) in [5.41, 5.74) is 1.08. The van der Waals surface area contributed by atoms with Crippen molar-refractivity contribution in [2.24, 2.45) is 0 Å². The Hall–Kier alpha value is -0.480. The summed E-state index contributed by atoms with van der Waals surface area (Å²) in [7, 11) is 1.71. The maximum Gasteiger partial charge on any atom is 0.213 e. The van der Waals surface area contributed by atoms with Gasteiger partial charge in [0.1, 0.15) is 0 Å². The molecule has 0 aliphatic carbocycles. The Bertz CT molecular complexity index is 267. The summed E-state index contributed by atoms with van der Waals surface area (Å²) in [4.78, 5) is 14.3. The lowest BCUT2D eigenvalue weighted by Gasteiger charge is -2.21. The molecular weight excluding hydrogens is 258 g/mol. The number of carbonyl (C=O) groups is 1. The molecule has 3 nitrogen and oxygen atoms in total. The van der Waals surface area contributed by atoms with Crippen LogP contribution in [0.25, 0.3) is 0 Å². The van der Waals surface area contributed by atoms with Gasteiger partial charge in [0.2, 0.25) is 6.41 Å². The zero-order valence-corrected chi connectivity index (χ0v) is 13.7. The Morgan fingerprint density at radius 2 is 1.95 bits per heavy atom. The van der Waals surface area contributed by atoms with E-state index in [2.05, 4.69) is 13.2 Å². The number of ether oxygens (including phenoxy) is 1. The minimum atomic E-state index is 0.705. The number of nitrogens with zero attached hydrogens (tertiary/aromatic N) is 1. The molecule has 0 aliphatic rings. The van der Waals surface area contributed by atoms with E-state index in [-0.39, 0.29) is 0 Å². The van der Waals surface area contributed by atoms with Crippen molar-refractivity contribution in [3.8, 4) is 0 Å². The molecule has 1 amide bonds. The van der Waals surface area contributed by atoms with Crippen molar-refractivity contribution in [2.45, 2.75) is 52.4 Å². The smallest absolute Gasteiger partial charge is 0.213 e. The minimum Gasteiger partial charge on any atom is -0.384 e. The Labute approximate surface area is 122 Å². The number of allylic oxidation sites excluding steroid dienone is 1. The number of methoxy groups -OCH3 is 1. The van der Waals surface area contributed by atoms with E-state index < -0.39 is 0 Å². The third kappa shape index (κ3) is 8.32. The van der Waals surface area contributed by atoms with Crippen LogP contribution in [-0.4, -0.2) is 37.8 Å². The predicted molar refractivity (Wildman–Crippen MR) is 84.2 cm³/mol. The van der Waals surface area contributed by atoms with E-state index in [0.717, 1.165) is 31.5 Å². The second kappa shape index (κ2) is 12.5. The van der Waals surface area contributed by atoms with Crippen LogP contribution in [0.3, 0.4) is 0 Å². The number of hydrogen-bond acceptors (Lipinski definition) is 3.